The summed E-state index contributed by atoms with van der Waals surface area (Å²) in [6.45, 7) is 0. The summed E-state index contributed by atoms with van der Waals surface area (Å²) in [6.07, 6.45) is 4.29. The van der Waals surface area contributed by atoms with Crippen LogP contribution in [0, 0.1) is 0 Å². The van der Waals surface area contributed by atoms with Crippen LogP contribution in [0.5, 0.6) is 0 Å². The van der Waals surface area contributed by atoms with E-state index in [1.54, 1.807) is 23.7 Å². The molecular weight excluding hydrogens is 304 g/mol. The molecule has 4 aromatic rings. The first-order valence-electron chi connectivity index (χ1n) is 6.58. The summed E-state index contributed by atoms with van der Waals surface area (Å²) in [5.74, 6) is 1.50. The predicted octanol–water partition coefficient (Wildman–Crippen LogP) is 3.81. The van der Waals surface area contributed by atoms with Gasteiger partial charge in [0.25, 0.3) is 0 Å². The number of imidazole rings is 1. The van der Waals surface area contributed by atoms with Crippen LogP contribution < -0.4 is 0 Å². The Bertz CT molecular complexity index is 928. The first-order chi connectivity index (χ1) is 10.4. The molecule has 0 aliphatic rings. The fourth-order valence-electron chi connectivity index (χ4n) is 2.51. The third kappa shape index (κ3) is 2.09. The number of benzene rings is 1. The van der Waals surface area contributed by atoms with Gasteiger partial charge in [-0.3, -0.25) is 9.55 Å². The first kappa shape index (κ1) is 12.7. The van der Waals surface area contributed by atoms with Gasteiger partial charge in [0.05, 0.1) is 27.4 Å². The normalized spacial score (nSPS) is 11.5. The van der Waals surface area contributed by atoms with Gasteiger partial charge >= 0.3 is 0 Å². The Kier molecular flexibility index (Phi) is 3.09. The highest BCUT2D eigenvalue weighted by Gasteiger charge is 2.12. The molecule has 0 saturated heterocycles. The first-order valence-corrected chi connectivity index (χ1v) is 7.99. The Morgan fingerprint density at radius 3 is 3.05 bits per heavy atom. The van der Waals surface area contributed by atoms with Gasteiger partial charge in [-0.05, 0) is 24.3 Å². The number of thiazole rings is 1. The fourth-order valence-corrected chi connectivity index (χ4v) is 3.38. The van der Waals surface area contributed by atoms with Crippen molar-refractivity contribution in [3.8, 4) is 5.69 Å². The number of pyridine rings is 1. The Hall–Kier alpha value is -1.98. The molecule has 0 N–H and O–H groups in total. The van der Waals surface area contributed by atoms with Crippen molar-refractivity contribution in [1.82, 2.24) is 19.5 Å². The molecule has 3 heterocycles. The average Bonchev–Trinajstić information content (AvgIpc) is 3.10. The van der Waals surface area contributed by atoms with E-state index in [-0.39, 0.29) is 0 Å². The van der Waals surface area contributed by atoms with Crippen molar-refractivity contribution in [1.29, 1.82) is 0 Å². The van der Waals surface area contributed by atoms with Crippen LogP contribution in [-0.2, 0) is 6.42 Å². The second kappa shape index (κ2) is 5.09. The van der Waals surface area contributed by atoms with Gasteiger partial charge in [-0.1, -0.05) is 0 Å². The molecule has 4 nitrogen and oxygen atoms in total. The zero-order valence-electron chi connectivity index (χ0n) is 11.0. The number of aryl methyl sites for hydroxylation is 1. The Balaban J connectivity index is 2.00. The van der Waals surface area contributed by atoms with Gasteiger partial charge in [-0.2, -0.15) is 0 Å². The number of hydrogen-bond donors (Lipinski definition) is 0. The molecule has 1 aromatic carbocycles. The summed E-state index contributed by atoms with van der Waals surface area (Å²) in [7, 11) is 0. The van der Waals surface area contributed by atoms with Gasteiger partial charge in [0.1, 0.15) is 11.3 Å². The molecule has 3 aromatic heterocycles. The van der Waals surface area contributed by atoms with Crippen molar-refractivity contribution in [3.63, 3.8) is 0 Å². The maximum atomic E-state index is 5.92. The third-order valence-electron chi connectivity index (χ3n) is 3.42. The SMILES string of the molecule is ClCCc1nc2cnccc2n1-c1ccc2ncsc2c1. The number of alkyl halides is 1. The van der Waals surface area contributed by atoms with Gasteiger partial charge in [0.2, 0.25) is 0 Å². The molecular formula is C15H11ClN4S. The highest BCUT2D eigenvalue weighted by molar-refractivity contribution is 7.16. The highest BCUT2D eigenvalue weighted by Crippen LogP contribution is 2.26. The molecule has 4 rings (SSSR count). The Morgan fingerprint density at radius 1 is 1.19 bits per heavy atom. The van der Waals surface area contributed by atoms with E-state index < -0.39 is 0 Å². The second-order valence-corrected chi connectivity index (χ2v) is 5.94. The molecule has 0 amide bonds. The number of rotatable bonds is 3. The fraction of sp³-hybridized carbons (Fsp3) is 0.133. The molecule has 104 valence electrons. The molecule has 0 bridgehead atoms. The maximum absolute atomic E-state index is 5.92. The van der Waals surface area contributed by atoms with E-state index in [9.17, 15) is 0 Å². The van der Waals surface area contributed by atoms with Crippen molar-refractivity contribution in [2.45, 2.75) is 6.42 Å². The van der Waals surface area contributed by atoms with Crippen molar-refractivity contribution in [2.24, 2.45) is 0 Å². The van der Waals surface area contributed by atoms with Crippen LogP contribution in [-0.4, -0.2) is 25.4 Å². The Morgan fingerprint density at radius 2 is 2.14 bits per heavy atom. The zero-order valence-corrected chi connectivity index (χ0v) is 12.6. The minimum absolute atomic E-state index is 0.541. The molecule has 21 heavy (non-hydrogen) atoms. The van der Waals surface area contributed by atoms with Crippen LogP contribution in [0.1, 0.15) is 5.82 Å². The molecule has 6 heteroatoms. The zero-order chi connectivity index (χ0) is 14.2. The third-order valence-corrected chi connectivity index (χ3v) is 4.40. The number of fused-ring (bicyclic) bond motifs is 2. The standard InChI is InChI=1S/C15H11ClN4S/c16-5-3-15-19-12-8-17-6-4-13(12)20(15)10-1-2-11-14(7-10)21-9-18-11/h1-2,4,6-9H,3,5H2. The van der Waals surface area contributed by atoms with Crippen LogP contribution >= 0.6 is 22.9 Å². The van der Waals surface area contributed by atoms with E-state index in [1.807, 2.05) is 17.6 Å². The van der Waals surface area contributed by atoms with E-state index in [1.165, 1.54) is 4.70 Å². The van der Waals surface area contributed by atoms with Gasteiger partial charge in [0, 0.05) is 24.2 Å². The number of aromatic nitrogens is 4. The lowest BCUT2D eigenvalue weighted by atomic mass is 10.2. The molecule has 0 aliphatic carbocycles. The summed E-state index contributed by atoms with van der Waals surface area (Å²) in [5, 5.41) is 0. The van der Waals surface area contributed by atoms with Gasteiger partial charge in [0.15, 0.2) is 0 Å². The van der Waals surface area contributed by atoms with E-state index in [2.05, 4.69) is 31.7 Å². The van der Waals surface area contributed by atoms with Crippen molar-refractivity contribution in [3.05, 3.63) is 48.0 Å². The molecule has 0 fully saturated rings. The minimum Gasteiger partial charge on any atom is -0.296 e. The summed E-state index contributed by atoms with van der Waals surface area (Å²) in [6, 6.07) is 8.24. The van der Waals surface area contributed by atoms with Crippen molar-refractivity contribution < 1.29 is 0 Å². The van der Waals surface area contributed by atoms with E-state index >= 15 is 0 Å². The van der Waals surface area contributed by atoms with E-state index in [4.69, 9.17) is 11.6 Å². The maximum Gasteiger partial charge on any atom is 0.115 e. The van der Waals surface area contributed by atoms with Gasteiger partial charge in [-0.25, -0.2) is 9.97 Å². The van der Waals surface area contributed by atoms with Crippen molar-refractivity contribution in [2.75, 3.05) is 5.88 Å². The van der Waals surface area contributed by atoms with E-state index in [0.717, 1.165) is 34.5 Å². The number of halogens is 1. The topological polar surface area (TPSA) is 43.6 Å². The molecule has 0 saturated carbocycles. The summed E-state index contributed by atoms with van der Waals surface area (Å²) in [5.41, 5.74) is 5.91. The van der Waals surface area contributed by atoms with E-state index in [0.29, 0.717) is 5.88 Å². The lowest BCUT2D eigenvalue weighted by Crippen LogP contribution is -2.02. The molecule has 0 atom stereocenters. The Labute approximate surface area is 130 Å². The quantitative estimate of drug-likeness (QED) is 0.540. The predicted molar refractivity (Wildman–Crippen MR) is 86.5 cm³/mol. The summed E-state index contributed by atoms with van der Waals surface area (Å²) >= 11 is 7.56. The summed E-state index contributed by atoms with van der Waals surface area (Å²) in [4.78, 5) is 13.1. The van der Waals surface area contributed by atoms with Gasteiger partial charge < -0.3 is 0 Å². The summed E-state index contributed by atoms with van der Waals surface area (Å²) < 4.78 is 3.32. The van der Waals surface area contributed by atoms with Crippen LogP contribution in [0.4, 0.5) is 0 Å². The molecule has 0 aliphatic heterocycles. The van der Waals surface area contributed by atoms with Crippen LogP contribution in [0.3, 0.4) is 0 Å². The van der Waals surface area contributed by atoms with Crippen LogP contribution in [0.2, 0.25) is 0 Å². The molecule has 0 spiro atoms. The minimum atomic E-state index is 0.541. The molecule has 0 unspecified atom stereocenters. The monoisotopic (exact) mass is 314 g/mol. The van der Waals surface area contributed by atoms with Gasteiger partial charge in [-0.15, -0.1) is 22.9 Å². The smallest absolute Gasteiger partial charge is 0.115 e. The number of nitrogens with zero attached hydrogens (tertiary/aromatic N) is 4. The lowest BCUT2D eigenvalue weighted by molar-refractivity contribution is 0.913. The largest absolute Gasteiger partial charge is 0.296 e. The highest BCUT2D eigenvalue weighted by atomic mass is 35.5. The lowest BCUT2D eigenvalue weighted by Gasteiger charge is -2.08. The second-order valence-electron chi connectivity index (χ2n) is 4.67. The van der Waals surface area contributed by atoms with Crippen LogP contribution in [0.15, 0.2) is 42.2 Å². The number of hydrogen-bond acceptors (Lipinski definition) is 4. The van der Waals surface area contributed by atoms with Crippen molar-refractivity contribution >= 4 is 44.2 Å². The average molecular weight is 315 g/mol. The van der Waals surface area contributed by atoms with Crippen LogP contribution in [0.25, 0.3) is 26.9 Å². The molecule has 0 radical (unpaired) electrons.